The molecule has 2 fully saturated rings. The van der Waals surface area contributed by atoms with Crippen LogP contribution < -0.4 is 10.1 Å². The minimum Gasteiger partial charge on any atom is -0.481 e. The summed E-state index contributed by atoms with van der Waals surface area (Å²) < 4.78 is 31.0. The molecular weight excluding hydrogens is 482 g/mol. The Kier molecular flexibility index (Phi) is 7.02. The summed E-state index contributed by atoms with van der Waals surface area (Å²) in [5.41, 5.74) is 0.180. The van der Waals surface area contributed by atoms with Gasteiger partial charge in [-0.2, -0.15) is 0 Å². The lowest BCUT2D eigenvalue weighted by atomic mass is 9.99. The number of fused-ring (bicyclic) bond motifs is 1. The summed E-state index contributed by atoms with van der Waals surface area (Å²) >= 11 is 11.8. The Balaban J connectivity index is 1.10. The van der Waals surface area contributed by atoms with Gasteiger partial charge in [-0.3, -0.25) is 0 Å². The average Bonchev–Trinajstić information content (AvgIpc) is 3.22. The Morgan fingerprint density at radius 1 is 1.15 bits per heavy atom. The standard InChI is InChI=1S/C25H27Cl2FN2O4/c26-17-2-1-16-9-24(33-23(16)10-17)22(31)12-30-7-5-18(6-8-30)29-13-25(14-32-15-25)34-19-3-4-20(27)21(28)11-19/h1-4,9-11,18,22,29,31H,5-8,12-15H2. The predicted octanol–water partition coefficient (Wildman–Crippen LogP) is 4.81. The summed E-state index contributed by atoms with van der Waals surface area (Å²) in [5.74, 6) is 0.507. The number of ether oxygens (including phenoxy) is 2. The smallest absolute Gasteiger partial charge is 0.167 e. The third-order valence-electron chi connectivity index (χ3n) is 6.52. The van der Waals surface area contributed by atoms with Crippen molar-refractivity contribution in [3.63, 3.8) is 0 Å². The molecule has 2 aliphatic rings. The van der Waals surface area contributed by atoms with Crippen molar-refractivity contribution < 1.29 is 23.4 Å². The van der Waals surface area contributed by atoms with Gasteiger partial charge < -0.3 is 29.2 Å². The number of hydrogen-bond donors (Lipinski definition) is 2. The molecule has 3 heterocycles. The summed E-state index contributed by atoms with van der Waals surface area (Å²) in [6, 6.07) is 12.2. The van der Waals surface area contributed by atoms with E-state index in [2.05, 4.69) is 10.2 Å². The van der Waals surface area contributed by atoms with Crippen LogP contribution in [0.25, 0.3) is 11.0 Å². The molecule has 2 N–H and O–H groups in total. The van der Waals surface area contributed by atoms with Crippen molar-refractivity contribution in [1.29, 1.82) is 0 Å². The van der Waals surface area contributed by atoms with E-state index in [9.17, 15) is 9.50 Å². The molecule has 1 atom stereocenters. The maximum absolute atomic E-state index is 13.8. The molecule has 6 nitrogen and oxygen atoms in total. The number of β-amino-alcohol motifs (C(OH)–C–C–N with tert-alkyl or cyclic N) is 1. The molecule has 0 amide bonds. The normalized spacial score (nSPS) is 19.8. The molecule has 2 aromatic carbocycles. The lowest BCUT2D eigenvalue weighted by molar-refractivity contribution is -0.159. The van der Waals surface area contributed by atoms with Crippen LogP contribution in [0.1, 0.15) is 24.7 Å². The second kappa shape index (κ2) is 10.0. The molecule has 2 aliphatic heterocycles. The van der Waals surface area contributed by atoms with Gasteiger partial charge in [-0.15, -0.1) is 0 Å². The Morgan fingerprint density at radius 3 is 2.65 bits per heavy atom. The van der Waals surface area contributed by atoms with Crippen LogP contribution in [0.4, 0.5) is 4.39 Å². The lowest BCUT2D eigenvalue weighted by Gasteiger charge is -2.43. The molecule has 0 saturated carbocycles. The number of nitrogens with zero attached hydrogens (tertiary/aromatic N) is 1. The third-order valence-corrected chi connectivity index (χ3v) is 7.06. The van der Waals surface area contributed by atoms with Crippen molar-refractivity contribution in [3.05, 3.63) is 64.1 Å². The van der Waals surface area contributed by atoms with Crippen molar-refractivity contribution in [2.45, 2.75) is 30.6 Å². The van der Waals surface area contributed by atoms with Crippen LogP contribution in [0.15, 0.2) is 46.9 Å². The Morgan fingerprint density at radius 2 is 1.94 bits per heavy atom. The highest BCUT2D eigenvalue weighted by atomic mass is 35.5. The molecule has 1 unspecified atom stereocenters. The first kappa shape index (κ1) is 23.9. The number of halogens is 3. The monoisotopic (exact) mass is 508 g/mol. The van der Waals surface area contributed by atoms with Crippen LogP contribution in [0.5, 0.6) is 5.75 Å². The van der Waals surface area contributed by atoms with Gasteiger partial charge in [0.2, 0.25) is 0 Å². The fraction of sp³-hybridized carbons (Fsp3) is 0.440. The zero-order valence-corrected chi connectivity index (χ0v) is 20.1. The van der Waals surface area contributed by atoms with Crippen LogP contribution in [-0.4, -0.2) is 61.0 Å². The summed E-state index contributed by atoms with van der Waals surface area (Å²) in [6.45, 7) is 3.78. The molecule has 9 heteroatoms. The Labute approximate surface area is 207 Å². The van der Waals surface area contributed by atoms with Crippen molar-refractivity contribution in [2.75, 3.05) is 39.4 Å². The fourth-order valence-corrected chi connectivity index (χ4v) is 4.77. The van der Waals surface area contributed by atoms with Gasteiger partial charge in [0, 0.05) is 41.7 Å². The van der Waals surface area contributed by atoms with E-state index in [-0.39, 0.29) is 5.02 Å². The quantitative estimate of drug-likeness (QED) is 0.454. The molecule has 1 aromatic heterocycles. The Hall–Kier alpha value is -1.87. The number of piperidine rings is 1. The van der Waals surface area contributed by atoms with Gasteiger partial charge >= 0.3 is 0 Å². The van der Waals surface area contributed by atoms with Crippen LogP contribution in [0.3, 0.4) is 0 Å². The van der Waals surface area contributed by atoms with Crippen molar-refractivity contribution in [2.24, 2.45) is 0 Å². The fourth-order valence-electron chi connectivity index (χ4n) is 4.49. The SMILES string of the molecule is OC(CN1CCC(NCC2(Oc3ccc(Cl)c(F)c3)COC2)CC1)c1cc2ccc(Cl)cc2o1. The average molecular weight is 509 g/mol. The van der Waals surface area contributed by atoms with Gasteiger partial charge in [0.25, 0.3) is 0 Å². The number of aliphatic hydroxyl groups excluding tert-OH is 1. The molecule has 5 rings (SSSR count). The van der Waals surface area contributed by atoms with Gasteiger partial charge in [-0.1, -0.05) is 23.2 Å². The second-order valence-electron chi connectivity index (χ2n) is 9.16. The molecule has 2 saturated heterocycles. The highest BCUT2D eigenvalue weighted by Crippen LogP contribution is 2.29. The zero-order chi connectivity index (χ0) is 23.7. The number of nitrogens with one attached hydrogen (secondary N) is 1. The largest absolute Gasteiger partial charge is 0.481 e. The van der Waals surface area contributed by atoms with Crippen LogP contribution in [0, 0.1) is 5.82 Å². The summed E-state index contributed by atoms with van der Waals surface area (Å²) in [5, 5.41) is 15.9. The summed E-state index contributed by atoms with van der Waals surface area (Å²) in [4.78, 5) is 2.25. The third kappa shape index (κ3) is 5.35. The second-order valence-corrected chi connectivity index (χ2v) is 10.00. The van der Waals surface area contributed by atoms with Crippen LogP contribution in [-0.2, 0) is 4.74 Å². The van der Waals surface area contributed by atoms with E-state index in [0.29, 0.717) is 54.5 Å². The minimum atomic E-state index is -0.695. The number of benzene rings is 2. The first-order valence-corrected chi connectivity index (χ1v) is 12.2. The molecule has 3 aromatic rings. The number of furan rings is 1. The Bertz CT molecular complexity index is 1150. The topological polar surface area (TPSA) is 67.1 Å². The van der Waals surface area contributed by atoms with E-state index in [1.54, 1.807) is 12.1 Å². The number of hydrogen-bond acceptors (Lipinski definition) is 6. The van der Waals surface area contributed by atoms with E-state index in [0.717, 1.165) is 31.3 Å². The first-order chi connectivity index (χ1) is 16.4. The molecular formula is C25H27Cl2FN2O4. The van der Waals surface area contributed by atoms with E-state index in [1.807, 2.05) is 18.2 Å². The van der Waals surface area contributed by atoms with Gasteiger partial charge in [0.1, 0.15) is 29.0 Å². The van der Waals surface area contributed by atoms with E-state index >= 15 is 0 Å². The molecule has 0 spiro atoms. The zero-order valence-electron chi connectivity index (χ0n) is 18.6. The number of aliphatic hydroxyl groups is 1. The summed E-state index contributed by atoms with van der Waals surface area (Å²) in [6.07, 6.45) is 1.21. The highest BCUT2D eigenvalue weighted by Gasteiger charge is 2.41. The predicted molar refractivity (Wildman–Crippen MR) is 129 cm³/mol. The van der Waals surface area contributed by atoms with E-state index < -0.39 is 17.5 Å². The van der Waals surface area contributed by atoms with E-state index in [4.69, 9.17) is 37.1 Å². The molecule has 182 valence electrons. The molecule has 0 radical (unpaired) electrons. The number of rotatable bonds is 8. The van der Waals surface area contributed by atoms with Crippen molar-refractivity contribution in [1.82, 2.24) is 10.2 Å². The van der Waals surface area contributed by atoms with Gasteiger partial charge in [-0.25, -0.2) is 4.39 Å². The van der Waals surface area contributed by atoms with Crippen molar-refractivity contribution >= 4 is 34.2 Å². The van der Waals surface area contributed by atoms with Crippen LogP contribution >= 0.6 is 23.2 Å². The van der Waals surface area contributed by atoms with Gasteiger partial charge in [-0.05, 0) is 56.3 Å². The molecule has 0 bridgehead atoms. The van der Waals surface area contributed by atoms with Gasteiger partial charge in [0.05, 0.1) is 18.2 Å². The van der Waals surface area contributed by atoms with Crippen LogP contribution in [0.2, 0.25) is 10.0 Å². The summed E-state index contributed by atoms with van der Waals surface area (Å²) in [7, 11) is 0. The lowest BCUT2D eigenvalue weighted by Crippen LogP contribution is -2.62. The van der Waals surface area contributed by atoms with Crippen molar-refractivity contribution in [3.8, 4) is 5.75 Å². The minimum absolute atomic E-state index is 0.0750. The van der Waals surface area contributed by atoms with Gasteiger partial charge in [0.15, 0.2) is 5.60 Å². The van der Waals surface area contributed by atoms with E-state index in [1.165, 1.54) is 12.1 Å². The first-order valence-electron chi connectivity index (χ1n) is 11.4. The maximum Gasteiger partial charge on any atom is 0.167 e. The molecule has 0 aliphatic carbocycles. The molecule has 34 heavy (non-hydrogen) atoms. The number of likely N-dealkylation sites (tertiary alicyclic amines) is 1. The maximum atomic E-state index is 13.8. The highest BCUT2D eigenvalue weighted by molar-refractivity contribution is 6.31.